The quantitative estimate of drug-likeness (QED) is 0.757. The monoisotopic (exact) mass is 218 g/mol. The van der Waals surface area contributed by atoms with Crippen molar-refractivity contribution in [3.63, 3.8) is 0 Å². The van der Waals surface area contributed by atoms with Gasteiger partial charge in [0.05, 0.1) is 6.07 Å². The van der Waals surface area contributed by atoms with Gasteiger partial charge in [-0.05, 0) is 18.0 Å². The van der Waals surface area contributed by atoms with Gasteiger partial charge in [0, 0.05) is 12.4 Å². The second-order valence-electron chi connectivity index (χ2n) is 3.47. The van der Waals surface area contributed by atoms with Crippen LogP contribution >= 0.6 is 0 Å². The molecule has 0 bridgehead atoms. The zero-order chi connectivity index (χ0) is 11.5. The molecule has 0 amide bonds. The van der Waals surface area contributed by atoms with Crippen LogP contribution in [0.15, 0.2) is 23.0 Å². The molecule has 0 fully saturated rings. The summed E-state index contributed by atoms with van der Waals surface area (Å²) in [6.07, 6.45) is 8.02. The van der Waals surface area contributed by atoms with Crippen LogP contribution in [0, 0.1) is 12.3 Å². The molecule has 5 nitrogen and oxygen atoms in total. The Hall–Kier alpha value is -2.06. The number of H-pyrrole nitrogens is 1. The van der Waals surface area contributed by atoms with Crippen molar-refractivity contribution in [1.29, 1.82) is 0 Å². The molecule has 0 saturated carbocycles. The van der Waals surface area contributed by atoms with Gasteiger partial charge in [-0.2, -0.15) is 0 Å². The Morgan fingerprint density at radius 1 is 1.75 bits per heavy atom. The van der Waals surface area contributed by atoms with Gasteiger partial charge in [-0.1, -0.05) is 0 Å². The fraction of sp³-hybridized carbons (Fsp3) is 0.273. The van der Waals surface area contributed by atoms with Crippen LogP contribution in [0.4, 0.5) is 0 Å². The van der Waals surface area contributed by atoms with Gasteiger partial charge in [-0.25, -0.2) is 9.51 Å². The third kappa shape index (κ3) is 1.97. The molecule has 2 aromatic heterocycles. The van der Waals surface area contributed by atoms with Crippen molar-refractivity contribution in [2.45, 2.75) is 19.6 Å². The zero-order valence-corrected chi connectivity index (χ0v) is 8.84. The number of rotatable bonds is 3. The van der Waals surface area contributed by atoms with Gasteiger partial charge in [0.2, 0.25) is 5.69 Å². The average Bonchev–Trinajstić information content (AvgIpc) is 2.87. The molecule has 0 saturated heterocycles. The summed E-state index contributed by atoms with van der Waals surface area (Å²) in [4.78, 5) is 4.07. The van der Waals surface area contributed by atoms with E-state index in [1.807, 2.05) is 4.57 Å². The Morgan fingerprint density at radius 3 is 3.19 bits per heavy atom. The molecule has 0 aliphatic rings. The first kappa shape index (κ1) is 10.5. The Balaban J connectivity index is 2.21. The maximum absolute atomic E-state index is 9.47. The SMILES string of the molecule is C#Cc1cc(Cn2ccnc2[C@H](C)O)[nH+]o1. The highest BCUT2D eigenvalue weighted by Crippen LogP contribution is 2.10. The molecule has 2 N–H and O–H groups in total. The predicted molar refractivity (Wildman–Crippen MR) is 55.2 cm³/mol. The number of aliphatic hydroxyl groups is 1. The maximum atomic E-state index is 9.47. The number of aliphatic hydroxyl groups excluding tert-OH is 1. The fourth-order valence-electron chi connectivity index (χ4n) is 1.49. The average molecular weight is 218 g/mol. The highest BCUT2D eigenvalue weighted by molar-refractivity contribution is 5.20. The van der Waals surface area contributed by atoms with Crippen molar-refractivity contribution in [3.8, 4) is 12.3 Å². The van der Waals surface area contributed by atoms with E-state index >= 15 is 0 Å². The minimum atomic E-state index is -0.603. The number of nitrogens with one attached hydrogen (secondary N) is 1. The van der Waals surface area contributed by atoms with E-state index in [-0.39, 0.29) is 0 Å². The maximum Gasteiger partial charge on any atom is 0.259 e. The molecular weight excluding hydrogens is 206 g/mol. The van der Waals surface area contributed by atoms with Crippen LogP contribution in [-0.2, 0) is 6.54 Å². The van der Waals surface area contributed by atoms with Gasteiger partial charge >= 0.3 is 0 Å². The summed E-state index contributed by atoms with van der Waals surface area (Å²) < 4.78 is 6.83. The number of hydrogen-bond acceptors (Lipinski definition) is 3. The molecule has 82 valence electrons. The van der Waals surface area contributed by atoms with E-state index in [9.17, 15) is 5.11 Å². The molecule has 2 rings (SSSR count). The topological polar surface area (TPSA) is 65.3 Å². The Morgan fingerprint density at radius 2 is 2.56 bits per heavy atom. The lowest BCUT2D eigenvalue weighted by atomic mass is 10.3. The number of aromatic amines is 1. The second-order valence-corrected chi connectivity index (χ2v) is 3.47. The fourth-order valence-corrected chi connectivity index (χ4v) is 1.49. The summed E-state index contributed by atoms with van der Waals surface area (Å²) in [5.74, 6) is 3.45. The van der Waals surface area contributed by atoms with E-state index in [2.05, 4.69) is 16.1 Å². The van der Waals surface area contributed by atoms with Crippen molar-refractivity contribution in [2.75, 3.05) is 0 Å². The molecule has 0 radical (unpaired) electrons. The van der Waals surface area contributed by atoms with E-state index in [1.54, 1.807) is 25.4 Å². The van der Waals surface area contributed by atoms with Gasteiger partial charge in [0.15, 0.2) is 0 Å². The largest absolute Gasteiger partial charge is 0.385 e. The molecule has 0 spiro atoms. The van der Waals surface area contributed by atoms with Gasteiger partial charge in [-0.3, -0.25) is 0 Å². The summed E-state index contributed by atoms with van der Waals surface area (Å²) in [6, 6.07) is 1.74. The van der Waals surface area contributed by atoms with Gasteiger partial charge < -0.3 is 9.67 Å². The molecule has 5 heteroatoms. The highest BCUT2D eigenvalue weighted by atomic mass is 16.5. The summed E-state index contributed by atoms with van der Waals surface area (Å²) in [5.41, 5.74) is 0.827. The van der Waals surface area contributed by atoms with Gasteiger partial charge in [0.25, 0.3) is 5.76 Å². The number of nitrogens with zero attached hydrogens (tertiary/aromatic N) is 2. The van der Waals surface area contributed by atoms with E-state index < -0.39 is 6.10 Å². The van der Waals surface area contributed by atoms with Crippen molar-refractivity contribution in [3.05, 3.63) is 35.7 Å². The molecule has 0 aliphatic heterocycles. The van der Waals surface area contributed by atoms with Crippen molar-refractivity contribution in [2.24, 2.45) is 0 Å². The van der Waals surface area contributed by atoms with Crippen molar-refractivity contribution >= 4 is 0 Å². The van der Waals surface area contributed by atoms with Gasteiger partial charge in [-0.15, -0.1) is 6.42 Å². The number of imidazole rings is 1. The minimum Gasteiger partial charge on any atom is -0.385 e. The molecule has 0 aliphatic carbocycles. The molecule has 1 atom stereocenters. The van der Waals surface area contributed by atoms with Crippen LogP contribution in [0.25, 0.3) is 0 Å². The lowest BCUT2D eigenvalue weighted by Crippen LogP contribution is -2.12. The summed E-state index contributed by atoms with van der Waals surface area (Å²) in [5, 5.41) is 12.2. The Bertz CT molecular complexity index is 519. The highest BCUT2D eigenvalue weighted by Gasteiger charge is 2.14. The first-order valence-electron chi connectivity index (χ1n) is 4.87. The lowest BCUT2D eigenvalue weighted by Gasteiger charge is -2.05. The van der Waals surface area contributed by atoms with Crippen LogP contribution < -0.4 is 5.16 Å². The van der Waals surface area contributed by atoms with Crippen molar-refractivity contribution < 1.29 is 14.8 Å². The van der Waals surface area contributed by atoms with E-state index in [1.165, 1.54) is 0 Å². The molecule has 2 heterocycles. The zero-order valence-electron chi connectivity index (χ0n) is 8.84. The van der Waals surface area contributed by atoms with Gasteiger partial charge in [0.1, 0.15) is 18.5 Å². The van der Waals surface area contributed by atoms with E-state index in [0.717, 1.165) is 5.69 Å². The van der Waals surface area contributed by atoms with E-state index in [0.29, 0.717) is 18.1 Å². The third-order valence-electron chi connectivity index (χ3n) is 2.20. The third-order valence-corrected chi connectivity index (χ3v) is 2.20. The lowest BCUT2D eigenvalue weighted by molar-refractivity contribution is -0.616. The van der Waals surface area contributed by atoms with Crippen LogP contribution in [0.1, 0.15) is 30.3 Å². The van der Waals surface area contributed by atoms with Crippen LogP contribution in [0.3, 0.4) is 0 Å². The summed E-state index contributed by atoms with van der Waals surface area (Å²) in [7, 11) is 0. The van der Waals surface area contributed by atoms with Crippen LogP contribution in [0.5, 0.6) is 0 Å². The first-order valence-corrected chi connectivity index (χ1v) is 4.87. The number of hydrogen-bond donors (Lipinski definition) is 1. The van der Waals surface area contributed by atoms with Crippen LogP contribution in [0.2, 0.25) is 0 Å². The first-order chi connectivity index (χ1) is 7.70. The molecular formula is C11H12N3O2+. The predicted octanol–water partition coefficient (Wildman–Crippen LogP) is 0.373. The molecule has 0 aromatic carbocycles. The number of terminal acetylenes is 1. The van der Waals surface area contributed by atoms with Crippen molar-refractivity contribution in [1.82, 2.24) is 9.55 Å². The minimum absolute atomic E-state index is 0.453. The van der Waals surface area contributed by atoms with E-state index in [4.69, 9.17) is 10.9 Å². The normalized spacial score (nSPS) is 12.3. The smallest absolute Gasteiger partial charge is 0.259 e. The number of aromatic nitrogens is 3. The molecule has 16 heavy (non-hydrogen) atoms. The molecule has 2 aromatic rings. The Kier molecular flexibility index (Phi) is 2.75. The summed E-state index contributed by atoms with van der Waals surface area (Å²) >= 11 is 0. The Labute approximate surface area is 92.7 Å². The van der Waals surface area contributed by atoms with Crippen LogP contribution in [-0.4, -0.2) is 14.7 Å². The second kappa shape index (κ2) is 4.21. The summed E-state index contributed by atoms with van der Waals surface area (Å²) in [6.45, 7) is 2.20. The molecule has 0 unspecified atom stereocenters. The standard InChI is InChI=1S/C11H11N3O2/c1-3-10-6-9(13-16-10)7-14-5-4-12-11(14)8(2)15/h1,4-6,8,15H,7H2,2H3/p+1/t8-/m0/s1.